The van der Waals surface area contributed by atoms with Gasteiger partial charge in [0.15, 0.2) is 0 Å². The van der Waals surface area contributed by atoms with Crippen LogP contribution in [0.25, 0.3) is 0 Å². The van der Waals surface area contributed by atoms with E-state index in [1.807, 2.05) is 26.0 Å². The highest BCUT2D eigenvalue weighted by molar-refractivity contribution is 5.63. The number of nitrogens with one attached hydrogen (secondary N) is 1. The summed E-state index contributed by atoms with van der Waals surface area (Å²) in [6, 6.07) is 6.91. The summed E-state index contributed by atoms with van der Waals surface area (Å²) in [6.07, 6.45) is 3.20. The Kier molecular flexibility index (Phi) is 3.32. The number of benzene rings is 1. The molecular weight excluding hydrogens is 232 g/mol. The van der Waals surface area contributed by atoms with Gasteiger partial charge >= 0.3 is 0 Å². The first-order valence-corrected chi connectivity index (χ1v) is 5.61. The lowest BCUT2D eigenvalue weighted by Crippen LogP contribution is -2.07. The molecule has 5 heteroatoms. The van der Waals surface area contributed by atoms with Crippen molar-refractivity contribution in [2.45, 2.75) is 19.9 Å². The Morgan fingerprint density at radius 1 is 1.39 bits per heavy atom. The van der Waals surface area contributed by atoms with Crippen LogP contribution in [0.1, 0.15) is 24.1 Å². The van der Waals surface area contributed by atoms with Gasteiger partial charge in [-0.3, -0.25) is 10.1 Å². The molecule has 0 radical (unpaired) electrons. The molecule has 2 aromatic rings. The molecule has 0 aliphatic carbocycles. The van der Waals surface area contributed by atoms with Crippen LogP contribution >= 0.6 is 0 Å². The third-order valence-corrected chi connectivity index (χ3v) is 2.77. The minimum absolute atomic E-state index is 0.0508. The molecule has 0 aliphatic rings. The maximum Gasteiger partial charge on any atom is 0.292 e. The third-order valence-electron chi connectivity index (χ3n) is 2.77. The van der Waals surface area contributed by atoms with Crippen molar-refractivity contribution in [3.63, 3.8) is 0 Å². The Morgan fingerprint density at radius 2 is 2.17 bits per heavy atom. The molecule has 94 valence electrons. The predicted molar refractivity (Wildman–Crippen MR) is 68.6 cm³/mol. The summed E-state index contributed by atoms with van der Waals surface area (Å²) < 4.78 is 5.00. The molecule has 18 heavy (non-hydrogen) atoms. The lowest BCUT2D eigenvalue weighted by Gasteiger charge is -2.13. The van der Waals surface area contributed by atoms with Crippen molar-refractivity contribution in [2.75, 3.05) is 5.32 Å². The minimum Gasteiger partial charge on any atom is -0.472 e. The van der Waals surface area contributed by atoms with Gasteiger partial charge in [-0.05, 0) is 31.5 Å². The maximum atomic E-state index is 11.0. The number of nitro benzene ring substituents is 1. The maximum absolute atomic E-state index is 11.0. The van der Waals surface area contributed by atoms with E-state index < -0.39 is 0 Å². The molecule has 2 rings (SSSR count). The average Bonchev–Trinajstić information content (AvgIpc) is 2.84. The van der Waals surface area contributed by atoms with Gasteiger partial charge < -0.3 is 9.73 Å². The van der Waals surface area contributed by atoms with Crippen molar-refractivity contribution in [3.05, 3.63) is 58.0 Å². The van der Waals surface area contributed by atoms with Gasteiger partial charge in [0.2, 0.25) is 0 Å². The summed E-state index contributed by atoms with van der Waals surface area (Å²) in [6.45, 7) is 3.75. The second kappa shape index (κ2) is 4.91. The highest BCUT2D eigenvalue weighted by Crippen LogP contribution is 2.29. The molecule has 5 nitrogen and oxygen atoms in total. The van der Waals surface area contributed by atoms with E-state index in [2.05, 4.69) is 5.32 Å². The van der Waals surface area contributed by atoms with Crippen LogP contribution in [-0.2, 0) is 0 Å². The number of nitrogens with zero attached hydrogens (tertiary/aromatic N) is 1. The fraction of sp³-hybridized carbons (Fsp3) is 0.231. The fourth-order valence-electron chi connectivity index (χ4n) is 1.75. The van der Waals surface area contributed by atoms with Crippen LogP contribution in [0.15, 0.2) is 41.2 Å². The van der Waals surface area contributed by atoms with Gasteiger partial charge in [0, 0.05) is 11.6 Å². The monoisotopic (exact) mass is 246 g/mol. The molecule has 1 unspecified atom stereocenters. The van der Waals surface area contributed by atoms with Gasteiger partial charge in [0.1, 0.15) is 5.69 Å². The van der Waals surface area contributed by atoms with Crippen molar-refractivity contribution in [3.8, 4) is 0 Å². The number of nitro groups is 1. The summed E-state index contributed by atoms with van der Waals surface area (Å²) in [5, 5.41) is 14.1. The minimum atomic E-state index is -0.378. The standard InChI is InChI=1S/C13H14N2O3/c1-9-3-4-12(13(7-9)15(16)17)14-10(2)11-5-6-18-8-11/h3-8,10,14H,1-2H3. The molecule has 0 bridgehead atoms. The summed E-state index contributed by atoms with van der Waals surface area (Å²) in [7, 11) is 0. The predicted octanol–water partition coefficient (Wildman–Crippen LogP) is 3.67. The van der Waals surface area contributed by atoms with Gasteiger partial charge in [-0.15, -0.1) is 0 Å². The Bertz CT molecular complexity index is 549. The lowest BCUT2D eigenvalue weighted by molar-refractivity contribution is -0.384. The molecule has 1 aromatic heterocycles. The largest absolute Gasteiger partial charge is 0.472 e. The number of furan rings is 1. The van der Waals surface area contributed by atoms with Crippen LogP contribution in [0.4, 0.5) is 11.4 Å². The zero-order valence-electron chi connectivity index (χ0n) is 10.2. The third kappa shape index (κ3) is 2.51. The van der Waals surface area contributed by atoms with Crippen LogP contribution in [0.2, 0.25) is 0 Å². The molecule has 0 aliphatic heterocycles. The van der Waals surface area contributed by atoms with E-state index in [0.717, 1.165) is 11.1 Å². The van der Waals surface area contributed by atoms with Crippen molar-refractivity contribution < 1.29 is 9.34 Å². The van der Waals surface area contributed by atoms with Crippen molar-refractivity contribution in [1.29, 1.82) is 0 Å². The number of aryl methyl sites for hydroxylation is 1. The summed E-state index contributed by atoms with van der Waals surface area (Å²) in [5.74, 6) is 0. The number of hydrogen-bond donors (Lipinski definition) is 1. The second-order valence-corrected chi connectivity index (χ2v) is 4.20. The van der Waals surface area contributed by atoms with Gasteiger partial charge in [-0.25, -0.2) is 0 Å². The van der Waals surface area contributed by atoms with Gasteiger partial charge in [0.05, 0.1) is 23.5 Å². The zero-order chi connectivity index (χ0) is 13.1. The van der Waals surface area contributed by atoms with Gasteiger partial charge in [-0.2, -0.15) is 0 Å². The highest BCUT2D eigenvalue weighted by atomic mass is 16.6. The topological polar surface area (TPSA) is 68.3 Å². The van der Waals surface area contributed by atoms with Crippen LogP contribution in [-0.4, -0.2) is 4.92 Å². The first kappa shape index (κ1) is 12.2. The van der Waals surface area contributed by atoms with E-state index in [1.165, 1.54) is 0 Å². The molecular formula is C13H14N2O3. The summed E-state index contributed by atoms with van der Waals surface area (Å²) >= 11 is 0. The molecule has 0 amide bonds. The first-order valence-electron chi connectivity index (χ1n) is 5.61. The molecule has 0 saturated heterocycles. The SMILES string of the molecule is Cc1ccc(NC(C)c2ccoc2)c([N+](=O)[O-])c1. The van der Waals surface area contributed by atoms with E-state index in [0.29, 0.717) is 5.69 Å². The van der Waals surface area contributed by atoms with Crippen LogP contribution in [0, 0.1) is 17.0 Å². The van der Waals surface area contributed by atoms with Crippen molar-refractivity contribution in [2.24, 2.45) is 0 Å². The first-order chi connectivity index (χ1) is 8.58. The molecule has 1 heterocycles. The molecule has 1 aromatic carbocycles. The van der Waals surface area contributed by atoms with Gasteiger partial charge in [-0.1, -0.05) is 6.07 Å². The molecule has 0 saturated carbocycles. The highest BCUT2D eigenvalue weighted by Gasteiger charge is 2.16. The zero-order valence-corrected chi connectivity index (χ0v) is 10.2. The van der Waals surface area contributed by atoms with E-state index >= 15 is 0 Å². The molecule has 1 atom stereocenters. The Morgan fingerprint density at radius 3 is 2.78 bits per heavy atom. The van der Waals surface area contributed by atoms with Crippen LogP contribution in [0.5, 0.6) is 0 Å². The average molecular weight is 246 g/mol. The Labute approximate surface area is 105 Å². The Balaban J connectivity index is 2.26. The number of anilines is 1. The molecule has 1 N–H and O–H groups in total. The van der Waals surface area contributed by atoms with E-state index in [1.54, 1.807) is 24.7 Å². The number of rotatable bonds is 4. The summed E-state index contributed by atoms with van der Waals surface area (Å²) in [4.78, 5) is 10.6. The quantitative estimate of drug-likeness (QED) is 0.660. The number of hydrogen-bond acceptors (Lipinski definition) is 4. The molecule has 0 fully saturated rings. The fourth-order valence-corrected chi connectivity index (χ4v) is 1.75. The second-order valence-electron chi connectivity index (χ2n) is 4.20. The normalized spacial score (nSPS) is 12.1. The van der Waals surface area contributed by atoms with Gasteiger partial charge in [0.25, 0.3) is 5.69 Å². The van der Waals surface area contributed by atoms with Crippen molar-refractivity contribution in [1.82, 2.24) is 0 Å². The smallest absolute Gasteiger partial charge is 0.292 e. The lowest BCUT2D eigenvalue weighted by atomic mass is 10.1. The van der Waals surface area contributed by atoms with Crippen molar-refractivity contribution >= 4 is 11.4 Å². The Hall–Kier alpha value is -2.30. The van der Waals surface area contributed by atoms with E-state index in [-0.39, 0.29) is 16.7 Å². The van der Waals surface area contributed by atoms with E-state index in [9.17, 15) is 10.1 Å². The summed E-state index contributed by atoms with van der Waals surface area (Å²) in [5.41, 5.74) is 2.41. The van der Waals surface area contributed by atoms with E-state index in [4.69, 9.17) is 4.42 Å². The molecule has 0 spiro atoms. The van der Waals surface area contributed by atoms with Crippen LogP contribution in [0.3, 0.4) is 0 Å². The van der Waals surface area contributed by atoms with Crippen LogP contribution < -0.4 is 5.32 Å².